The van der Waals surface area contributed by atoms with Crippen LogP contribution in [0.15, 0.2) is 53.4 Å². The van der Waals surface area contributed by atoms with Crippen LogP contribution in [-0.2, 0) is 10.0 Å². The Labute approximate surface area is 171 Å². The lowest BCUT2D eigenvalue weighted by molar-refractivity contribution is 0.0712. The van der Waals surface area contributed by atoms with Gasteiger partial charge in [-0.2, -0.15) is 4.31 Å². The minimum absolute atomic E-state index is 0.118. The number of benzene rings is 2. The van der Waals surface area contributed by atoms with E-state index in [1.54, 1.807) is 35.2 Å². The Morgan fingerprint density at radius 3 is 2.24 bits per heavy atom. The van der Waals surface area contributed by atoms with E-state index in [2.05, 4.69) is 0 Å². The van der Waals surface area contributed by atoms with E-state index in [1.165, 1.54) is 15.9 Å². The number of phenolic OH excluding ortho intramolecular Hbond substituents is 1. The first-order valence-electron chi connectivity index (χ1n) is 10.1. The van der Waals surface area contributed by atoms with Crippen LogP contribution < -0.4 is 0 Å². The summed E-state index contributed by atoms with van der Waals surface area (Å²) < 4.78 is 27.1. The van der Waals surface area contributed by atoms with Crippen molar-refractivity contribution in [3.63, 3.8) is 0 Å². The number of sulfonamides is 1. The number of amides is 1. The van der Waals surface area contributed by atoms with Crippen LogP contribution in [0.1, 0.15) is 47.5 Å². The van der Waals surface area contributed by atoms with Gasteiger partial charge in [0, 0.05) is 31.7 Å². The Morgan fingerprint density at radius 2 is 1.59 bits per heavy atom. The van der Waals surface area contributed by atoms with Gasteiger partial charge in [0.1, 0.15) is 5.75 Å². The van der Waals surface area contributed by atoms with Gasteiger partial charge in [-0.1, -0.05) is 18.2 Å². The molecule has 2 fully saturated rings. The van der Waals surface area contributed by atoms with Gasteiger partial charge in [-0.3, -0.25) is 4.79 Å². The molecule has 0 unspecified atom stereocenters. The second-order valence-electron chi connectivity index (χ2n) is 7.80. The van der Waals surface area contributed by atoms with Gasteiger partial charge in [0.15, 0.2) is 0 Å². The minimum Gasteiger partial charge on any atom is -0.508 e. The highest BCUT2D eigenvalue weighted by molar-refractivity contribution is 7.89. The molecular weight excluding hydrogens is 388 g/mol. The molecule has 0 spiro atoms. The largest absolute Gasteiger partial charge is 0.508 e. The second kappa shape index (κ2) is 8.16. The normalized spacial score (nSPS) is 18.8. The molecule has 2 heterocycles. The zero-order valence-electron chi connectivity index (χ0n) is 16.3. The number of aromatic hydroxyl groups is 1. The molecule has 1 amide bonds. The monoisotopic (exact) mass is 414 g/mol. The van der Waals surface area contributed by atoms with Crippen molar-refractivity contribution < 1.29 is 18.3 Å². The first kappa shape index (κ1) is 19.9. The molecule has 0 radical (unpaired) electrons. The number of nitrogens with zero attached hydrogens (tertiary/aromatic N) is 2. The Morgan fingerprint density at radius 1 is 0.931 bits per heavy atom. The van der Waals surface area contributed by atoms with E-state index < -0.39 is 10.0 Å². The molecule has 1 N–H and O–H groups in total. The van der Waals surface area contributed by atoms with Gasteiger partial charge in [0.05, 0.1) is 4.90 Å². The van der Waals surface area contributed by atoms with E-state index in [9.17, 15) is 18.3 Å². The number of phenols is 1. The van der Waals surface area contributed by atoms with Crippen molar-refractivity contribution in [1.29, 1.82) is 0 Å². The molecule has 0 aliphatic carbocycles. The van der Waals surface area contributed by atoms with Crippen molar-refractivity contribution in [2.24, 2.45) is 0 Å². The summed E-state index contributed by atoms with van der Waals surface area (Å²) >= 11 is 0. The van der Waals surface area contributed by atoms with Crippen LogP contribution in [0.4, 0.5) is 0 Å². The molecule has 154 valence electrons. The van der Waals surface area contributed by atoms with E-state index in [1.807, 2.05) is 12.1 Å². The van der Waals surface area contributed by atoms with Gasteiger partial charge in [-0.25, -0.2) is 8.42 Å². The summed E-state index contributed by atoms with van der Waals surface area (Å²) in [4.78, 5) is 15.0. The van der Waals surface area contributed by atoms with E-state index in [0.29, 0.717) is 37.7 Å². The van der Waals surface area contributed by atoms with Crippen molar-refractivity contribution >= 4 is 15.9 Å². The van der Waals surface area contributed by atoms with Gasteiger partial charge < -0.3 is 10.0 Å². The summed E-state index contributed by atoms with van der Waals surface area (Å²) in [5.41, 5.74) is 1.60. The number of carbonyl (C=O) groups excluding carboxylic acids is 1. The van der Waals surface area contributed by atoms with Crippen molar-refractivity contribution in [3.8, 4) is 5.75 Å². The standard InChI is InChI=1S/C22H26N2O4S/c25-20-8-6-17(7-9-20)18-10-14-23(15-11-18)22(26)19-4-3-5-21(16-19)29(27,28)24-12-1-2-13-24/h3-9,16,18,25H,1-2,10-15H2. The van der Waals surface area contributed by atoms with Crippen LogP contribution in [0.2, 0.25) is 0 Å². The Hall–Kier alpha value is -2.38. The predicted molar refractivity (Wildman–Crippen MR) is 110 cm³/mol. The fraction of sp³-hybridized carbons (Fsp3) is 0.409. The molecule has 0 saturated carbocycles. The van der Waals surface area contributed by atoms with Gasteiger partial charge in [0.2, 0.25) is 10.0 Å². The summed E-state index contributed by atoms with van der Waals surface area (Å²) in [5, 5.41) is 9.45. The van der Waals surface area contributed by atoms with Crippen LogP contribution in [0, 0.1) is 0 Å². The summed E-state index contributed by atoms with van der Waals surface area (Å²) in [5.74, 6) is 0.499. The summed E-state index contributed by atoms with van der Waals surface area (Å²) in [6.45, 7) is 2.36. The van der Waals surface area contributed by atoms with Crippen molar-refractivity contribution in [2.75, 3.05) is 26.2 Å². The lowest BCUT2D eigenvalue weighted by Crippen LogP contribution is -2.38. The number of hydrogen-bond acceptors (Lipinski definition) is 4. The van der Waals surface area contributed by atoms with Gasteiger partial charge in [-0.05, 0) is 67.5 Å². The summed E-state index contributed by atoms with van der Waals surface area (Å²) in [6, 6.07) is 13.7. The third-order valence-electron chi connectivity index (χ3n) is 5.93. The van der Waals surface area contributed by atoms with E-state index >= 15 is 0 Å². The minimum atomic E-state index is -3.53. The smallest absolute Gasteiger partial charge is 0.253 e. The quantitative estimate of drug-likeness (QED) is 0.833. The maximum absolute atomic E-state index is 13.0. The fourth-order valence-corrected chi connectivity index (χ4v) is 5.78. The molecule has 0 aromatic heterocycles. The average molecular weight is 415 g/mol. The van der Waals surface area contributed by atoms with Gasteiger partial charge >= 0.3 is 0 Å². The van der Waals surface area contributed by atoms with Gasteiger partial charge in [0.25, 0.3) is 5.91 Å². The molecule has 2 aliphatic rings. The van der Waals surface area contributed by atoms with Crippen LogP contribution in [0.25, 0.3) is 0 Å². The van der Waals surface area contributed by atoms with E-state index in [-0.39, 0.29) is 16.6 Å². The van der Waals surface area contributed by atoms with Crippen molar-refractivity contribution in [1.82, 2.24) is 9.21 Å². The number of rotatable bonds is 4. The molecule has 29 heavy (non-hydrogen) atoms. The molecule has 7 heteroatoms. The molecular formula is C22H26N2O4S. The van der Waals surface area contributed by atoms with Crippen LogP contribution in [0.3, 0.4) is 0 Å². The zero-order valence-corrected chi connectivity index (χ0v) is 17.1. The summed E-state index contributed by atoms with van der Waals surface area (Å²) in [7, 11) is -3.53. The lowest BCUT2D eigenvalue weighted by Gasteiger charge is -2.32. The molecule has 6 nitrogen and oxygen atoms in total. The zero-order chi connectivity index (χ0) is 20.4. The molecule has 0 bridgehead atoms. The van der Waals surface area contributed by atoms with Crippen LogP contribution in [-0.4, -0.2) is 54.8 Å². The number of piperidine rings is 1. The highest BCUT2D eigenvalue weighted by Gasteiger charge is 2.29. The third kappa shape index (κ3) is 4.16. The van der Waals surface area contributed by atoms with Crippen LogP contribution >= 0.6 is 0 Å². The Kier molecular flexibility index (Phi) is 5.61. The Balaban J connectivity index is 1.44. The lowest BCUT2D eigenvalue weighted by atomic mass is 9.89. The molecule has 2 aromatic carbocycles. The SMILES string of the molecule is O=C(c1cccc(S(=O)(=O)N2CCCC2)c1)N1CCC(c2ccc(O)cc2)CC1. The number of carbonyl (C=O) groups is 1. The Bertz CT molecular complexity index is 974. The van der Waals surface area contributed by atoms with Gasteiger partial charge in [-0.15, -0.1) is 0 Å². The maximum atomic E-state index is 13.0. The van der Waals surface area contributed by atoms with E-state index in [0.717, 1.165) is 25.7 Å². The van der Waals surface area contributed by atoms with E-state index in [4.69, 9.17) is 0 Å². The highest BCUT2D eigenvalue weighted by Crippen LogP contribution is 2.30. The average Bonchev–Trinajstić information content (AvgIpc) is 3.30. The fourth-order valence-electron chi connectivity index (χ4n) is 4.21. The van der Waals surface area contributed by atoms with Crippen molar-refractivity contribution in [3.05, 3.63) is 59.7 Å². The number of likely N-dealkylation sites (tertiary alicyclic amines) is 1. The highest BCUT2D eigenvalue weighted by atomic mass is 32.2. The molecule has 2 aliphatic heterocycles. The van der Waals surface area contributed by atoms with Crippen LogP contribution in [0.5, 0.6) is 5.75 Å². The third-order valence-corrected chi connectivity index (χ3v) is 7.83. The summed E-state index contributed by atoms with van der Waals surface area (Å²) in [6.07, 6.45) is 3.46. The molecule has 2 aromatic rings. The predicted octanol–water partition coefficient (Wildman–Crippen LogP) is 3.20. The molecule has 2 saturated heterocycles. The second-order valence-corrected chi connectivity index (χ2v) is 9.73. The first-order valence-corrected chi connectivity index (χ1v) is 11.6. The first-order chi connectivity index (χ1) is 13.9. The maximum Gasteiger partial charge on any atom is 0.253 e. The molecule has 4 rings (SSSR count). The van der Waals surface area contributed by atoms with Crippen molar-refractivity contribution in [2.45, 2.75) is 36.5 Å². The molecule has 0 atom stereocenters. The topological polar surface area (TPSA) is 77.9 Å². The number of hydrogen-bond donors (Lipinski definition) is 1.